The molecule has 6 heteroatoms. The summed E-state index contributed by atoms with van der Waals surface area (Å²) in [4.78, 5) is 1.40. The molecule has 17 heavy (non-hydrogen) atoms. The minimum atomic E-state index is -2.44. The summed E-state index contributed by atoms with van der Waals surface area (Å²) in [5, 5.41) is 11.6. The molecule has 0 spiro atoms. The van der Waals surface area contributed by atoms with E-state index < -0.39 is 13.0 Å². The fourth-order valence-corrected chi connectivity index (χ4v) is 1.72. The first-order valence-corrected chi connectivity index (χ1v) is 5.04. The van der Waals surface area contributed by atoms with Gasteiger partial charge in [-0.3, -0.25) is 0 Å². The van der Waals surface area contributed by atoms with Crippen LogP contribution in [0.15, 0.2) is 23.4 Å². The van der Waals surface area contributed by atoms with Gasteiger partial charge in [-0.05, 0) is 18.6 Å². The average Bonchev–Trinajstić information content (AvgIpc) is 2.26. The van der Waals surface area contributed by atoms with E-state index in [2.05, 4.69) is 5.16 Å². The highest BCUT2D eigenvalue weighted by Gasteiger charge is 2.16. The van der Waals surface area contributed by atoms with Gasteiger partial charge in [0.1, 0.15) is 0 Å². The fraction of sp³-hybridized carbons (Fsp3) is 0.364. The maximum Gasteiger partial charge on any atom is 0.255 e. The number of para-hydroxylation sites is 1. The van der Waals surface area contributed by atoms with Crippen molar-refractivity contribution in [3.8, 4) is 0 Å². The molecule has 0 saturated carbocycles. The molecule has 0 fully saturated rings. The van der Waals surface area contributed by atoms with Gasteiger partial charge < -0.3 is 15.8 Å². The molecule has 0 aliphatic carbocycles. The Morgan fingerprint density at radius 2 is 2.18 bits per heavy atom. The van der Waals surface area contributed by atoms with Crippen molar-refractivity contribution in [1.82, 2.24) is 0 Å². The maximum absolute atomic E-state index is 12.4. The summed E-state index contributed by atoms with van der Waals surface area (Å²) in [5.74, 6) is -0.0928. The molecule has 0 bridgehead atoms. The van der Waals surface area contributed by atoms with Crippen molar-refractivity contribution in [2.24, 2.45) is 10.9 Å². The highest BCUT2D eigenvalue weighted by atomic mass is 19.3. The Kier molecular flexibility index (Phi) is 4.25. The summed E-state index contributed by atoms with van der Waals surface area (Å²) in [6.45, 7) is 1.38. The summed E-state index contributed by atoms with van der Waals surface area (Å²) in [6.07, 6.45) is -2.44. The van der Waals surface area contributed by atoms with Crippen LogP contribution in [0.5, 0.6) is 0 Å². The second-order valence-electron chi connectivity index (χ2n) is 3.73. The minimum absolute atomic E-state index is 0.0928. The number of alkyl halides is 2. The van der Waals surface area contributed by atoms with E-state index >= 15 is 0 Å². The highest BCUT2D eigenvalue weighted by molar-refractivity contribution is 6.02. The van der Waals surface area contributed by atoms with Crippen molar-refractivity contribution in [2.45, 2.75) is 13.3 Å². The van der Waals surface area contributed by atoms with E-state index in [0.29, 0.717) is 11.3 Å². The molecular formula is C11H15F2N3O. The average molecular weight is 243 g/mol. The first-order valence-electron chi connectivity index (χ1n) is 5.04. The number of hydrogen-bond donors (Lipinski definition) is 2. The molecule has 3 N–H and O–H groups in total. The summed E-state index contributed by atoms with van der Waals surface area (Å²) in [6, 6.07) is 5.13. The van der Waals surface area contributed by atoms with Crippen LogP contribution in [0.3, 0.4) is 0 Å². The van der Waals surface area contributed by atoms with E-state index in [-0.39, 0.29) is 5.84 Å². The highest BCUT2D eigenvalue weighted by Crippen LogP contribution is 2.24. The Morgan fingerprint density at radius 3 is 2.71 bits per heavy atom. The van der Waals surface area contributed by atoms with Gasteiger partial charge >= 0.3 is 0 Å². The predicted molar refractivity (Wildman–Crippen MR) is 63.0 cm³/mol. The van der Waals surface area contributed by atoms with Crippen molar-refractivity contribution in [1.29, 1.82) is 0 Å². The zero-order valence-corrected chi connectivity index (χ0v) is 9.69. The van der Waals surface area contributed by atoms with Crippen molar-refractivity contribution >= 4 is 11.5 Å². The molecule has 1 aromatic carbocycles. The second kappa shape index (κ2) is 5.47. The summed E-state index contributed by atoms with van der Waals surface area (Å²) in [7, 11) is 1.54. The quantitative estimate of drug-likeness (QED) is 0.367. The van der Waals surface area contributed by atoms with Gasteiger partial charge in [0, 0.05) is 12.6 Å². The molecule has 4 nitrogen and oxygen atoms in total. The van der Waals surface area contributed by atoms with Gasteiger partial charge in [-0.15, -0.1) is 0 Å². The number of hydrogen-bond acceptors (Lipinski definition) is 3. The number of nitrogens with zero attached hydrogens (tertiary/aromatic N) is 2. The third-order valence-corrected chi connectivity index (χ3v) is 2.42. The lowest BCUT2D eigenvalue weighted by Gasteiger charge is -2.23. The van der Waals surface area contributed by atoms with Gasteiger partial charge in [-0.1, -0.05) is 17.3 Å². The van der Waals surface area contributed by atoms with Gasteiger partial charge in [-0.2, -0.15) is 0 Å². The van der Waals surface area contributed by atoms with Gasteiger partial charge in [0.05, 0.1) is 12.2 Å². The van der Waals surface area contributed by atoms with E-state index in [1.807, 2.05) is 0 Å². The Bertz CT molecular complexity index is 421. The molecule has 0 radical (unpaired) electrons. The van der Waals surface area contributed by atoms with Gasteiger partial charge in [0.15, 0.2) is 5.84 Å². The summed E-state index contributed by atoms with van der Waals surface area (Å²) >= 11 is 0. The monoisotopic (exact) mass is 243 g/mol. The lowest BCUT2D eigenvalue weighted by atomic mass is 10.1. The number of benzene rings is 1. The Morgan fingerprint density at radius 1 is 1.53 bits per heavy atom. The Balaban J connectivity index is 3.20. The van der Waals surface area contributed by atoms with Crippen molar-refractivity contribution in [3.63, 3.8) is 0 Å². The first-order chi connectivity index (χ1) is 7.97. The van der Waals surface area contributed by atoms with Crippen molar-refractivity contribution < 1.29 is 14.0 Å². The Labute approximate surface area is 98.3 Å². The second-order valence-corrected chi connectivity index (χ2v) is 3.73. The van der Waals surface area contributed by atoms with E-state index in [1.54, 1.807) is 32.2 Å². The van der Waals surface area contributed by atoms with Crippen molar-refractivity contribution in [2.75, 3.05) is 18.5 Å². The normalized spacial score (nSPS) is 11.9. The fourth-order valence-electron chi connectivity index (χ4n) is 1.72. The number of halogens is 2. The maximum atomic E-state index is 12.4. The molecule has 0 heterocycles. The smallest absolute Gasteiger partial charge is 0.255 e. The van der Waals surface area contributed by atoms with Crippen LogP contribution in [0.4, 0.5) is 14.5 Å². The van der Waals surface area contributed by atoms with Gasteiger partial charge in [0.2, 0.25) is 0 Å². The molecule has 0 aromatic heterocycles. The molecule has 0 saturated heterocycles. The van der Waals surface area contributed by atoms with E-state index in [0.717, 1.165) is 5.56 Å². The molecule has 0 aliphatic heterocycles. The zero-order valence-electron chi connectivity index (χ0n) is 9.69. The standard InChI is InChI=1S/C11H15F2N3O/c1-7-4-3-5-8(11(14)15-17)10(7)16(2)6-9(12)13/h3-5,9,17H,6H2,1-2H3,(H2,14,15). The predicted octanol–water partition coefficient (Wildman–Crippen LogP) is 1.79. The van der Waals surface area contributed by atoms with Crippen LogP contribution in [0.1, 0.15) is 11.1 Å². The van der Waals surface area contributed by atoms with Gasteiger partial charge in [-0.25, -0.2) is 8.78 Å². The molecule has 1 aromatic rings. The largest absolute Gasteiger partial charge is 0.409 e. The number of rotatable bonds is 4. The van der Waals surface area contributed by atoms with Crippen molar-refractivity contribution in [3.05, 3.63) is 29.3 Å². The minimum Gasteiger partial charge on any atom is -0.409 e. The van der Waals surface area contributed by atoms with Gasteiger partial charge in [0.25, 0.3) is 6.43 Å². The molecule has 1 rings (SSSR count). The zero-order chi connectivity index (χ0) is 13.0. The van der Waals surface area contributed by atoms with Crippen LogP contribution >= 0.6 is 0 Å². The molecular weight excluding hydrogens is 228 g/mol. The lowest BCUT2D eigenvalue weighted by Crippen LogP contribution is -2.28. The van der Waals surface area contributed by atoms with E-state index in [4.69, 9.17) is 10.9 Å². The topological polar surface area (TPSA) is 61.9 Å². The third-order valence-electron chi connectivity index (χ3n) is 2.42. The number of aryl methyl sites for hydroxylation is 1. The Hall–Kier alpha value is -1.85. The van der Waals surface area contributed by atoms with E-state index in [1.165, 1.54) is 4.90 Å². The molecule has 0 aliphatic rings. The summed E-state index contributed by atoms with van der Waals surface area (Å²) < 4.78 is 24.7. The molecule has 0 unspecified atom stereocenters. The van der Waals surface area contributed by atoms with Crippen LogP contribution in [0.2, 0.25) is 0 Å². The van der Waals surface area contributed by atoms with Crippen LogP contribution in [-0.4, -0.2) is 31.1 Å². The van der Waals surface area contributed by atoms with Crippen LogP contribution in [-0.2, 0) is 0 Å². The van der Waals surface area contributed by atoms with Crippen LogP contribution in [0, 0.1) is 6.92 Å². The number of oxime groups is 1. The molecule has 0 amide bonds. The lowest BCUT2D eigenvalue weighted by molar-refractivity contribution is 0.156. The number of amidine groups is 1. The van der Waals surface area contributed by atoms with Crippen LogP contribution < -0.4 is 10.6 Å². The first kappa shape index (κ1) is 13.2. The van der Waals surface area contributed by atoms with Crippen LogP contribution in [0.25, 0.3) is 0 Å². The SMILES string of the molecule is Cc1cccc(/C(N)=N/O)c1N(C)CC(F)F. The third kappa shape index (κ3) is 3.05. The number of anilines is 1. The molecule has 0 atom stereocenters. The number of nitrogens with two attached hydrogens (primary N) is 1. The summed E-state index contributed by atoms with van der Waals surface area (Å²) in [5.41, 5.74) is 7.29. The van der Waals surface area contributed by atoms with E-state index in [9.17, 15) is 8.78 Å². The molecule has 94 valence electrons.